The average Bonchev–Trinajstić information content (AvgIpc) is 3.74. The summed E-state index contributed by atoms with van der Waals surface area (Å²) in [6, 6.07) is 14.4. The number of fused-ring (bicyclic) bond motifs is 3. The molecule has 3 aromatic rings. The van der Waals surface area contributed by atoms with Gasteiger partial charge in [0.15, 0.2) is 0 Å². The van der Waals surface area contributed by atoms with E-state index in [9.17, 15) is 17.6 Å². The highest BCUT2D eigenvalue weighted by Gasteiger charge is 2.45. The number of carboxylic acid groups (broad SMARTS) is 1. The molecule has 1 aliphatic heterocycles. The van der Waals surface area contributed by atoms with Crippen LogP contribution in [0.15, 0.2) is 48.5 Å². The van der Waals surface area contributed by atoms with Crippen molar-refractivity contribution in [2.75, 3.05) is 24.7 Å². The lowest BCUT2D eigenvalue weighted by molar-refractivity contribution is -0.138. The molecule has 7 nitrogen and oxygen atoms in total. The Morgan fingerprint density at radius 1 is 1.10 bits per heavy atom. The fraction of sp³-hybridized carbons (Fsp3) is 0.387. The monoisotopic (exact) mass is 568 g/mol. The Bertz CT molecular complexity index is 1530. The molecule has 3 aromatic carbocycles. The van der Waals surface area contributed by atoms with Crippen molar-refractivity contribution < 1.29 is 36.9 Å². The van der Waals surface area contributed by atoms with Gasteiger partial charge in [-0.05, 0) is 71.8 Å². The molecule has 212 valence electrons. The number of hydrogen-bond acceptors (Lipinski definition) is 6. The van der Waals surface area contributed by atoms with Crippen molar-refractivity contribution in [1.29, 1.82) is 0 Å². The number of ether oxygens (including phenoxy) is 3. The minimum Gasteiger partial charge on any atom is -0.494 e. The van der Waals surface area contributed by atoms with E-state index in [0.717, 1.165) is 33.6 Å². The van der Waals surface area contributed by atoms with Crippen molar-refractivity contribution in [3.8, 4) is 28.4 Å². The normalized spacial score (nSPS) is 17.7. The summed E-state index contributed by atoms with van der Waals surface area (Å²) in [6.45, 7) is 4.73. The van der Waals surface area contributed by atoms with Crippen molar-refractivity contribution in [3.63, 3.8) is 0 Å². The minimum absolute atomic E-state index is 0.113. The Hall–Kier alpha value is -3.59. The molecule has 1 aliphatic carbocycles. The zero-order valence-corrected chi connectivity index (χ0v) is 23.4. The number of carboxylic acids is 1. The highest BCUT2D eigenvalue weighted by atomic mass is 32.2. The van der Waals surface area contributed by atoms with Crippen LogP contribution in [0, 0.1) is 18.7 Å². The second-order valence-electron chi connectivity index (χ2n) is 10.3. The minimum atomic E-state index is -3.01. The fourth-order valence-electron chi connectivity index (χ4n) is 5.21. The molecule has 1 N–H and O–H groups in total. The summed E-state index contributed by atoms with van der Waals surface area (Å²) in [5, 5.41) is 9.14. The summed E-state index contributed by atoms with van der Waals surface area (Å²) < 4.78 is 56.0. The summed E-state index contributed by atoms with van der Waals surface area (Å²) in [4.78, 5) is 11.1. The molecule has 0 amide bonds. The molecule has 0 spiro atoms. The van der Waals surface area contributed by atoms with Gasteiger partial charge in [0.05, 0.1) is 24.9 Å². The first-order valence-corrected chi connectivity index (χ1v) is 15.4. The first-order valence-electron chi connectivity index (χ1n) is 13.5. The van der Waals surface area contributed by atoms with Crippen molar-refractivity contribution >= 4 is 15.8 Å². The van der Waals surface area contributed by atoms with E-state index < -0.39 is 27.5 Å². The highest BCUT2D eigenvalue weighted by Crippen LogP contribution is 2.48. The molecule has 2 aliphatic rings. The molecule has 0 aromatic heterocycles. The van der Waals surface area contributed by atoms with E-state index in [4.69, 9.17) is 19.3 Å². The summed E-state index contributed by atoms with van der Waals surface area (Å²) in [5.74, 6) is -0.0187. The predicted molar refractivity (Wildman–Crippen MR) is 149 cm³/mol. The van der Waals surface area contributed by atoms with Crippen LogP contribution in [-0.2, 0) is 27.7 Å². The molecule has 2 atom stereocenters. The molecule has 40 heavy (non-hydrogen) atoms. The zero-order valence-electron chi connectivity index (χ0n) is 22.6. The van der Waals surface area contributed by atoms with E-state index in [2.05, 4.69) is 0 Å². The Kier molecular flexibility index (Phi) is 8.03. The first-order chi connectivity index (χ1) is 19.2. The Balaban J connectivity index is 1.29. The largest absolute Gasteiger partial charge is 0.494 e. The highest BCUT2D eigenvalue weighted by molar-refractivity contribution is 7.91. The van der Waals surface area contributed by atoms with Gasteiger partial charge in [-0.1, -0.05) is 25.1 Å². The summed E-state index contributed by atoms with van der Waals surface area (Å²) in [7, 11) is -3.01. The predicted octanol–water partition coefficient (Wildman–Crippen LogP) is 5.71. The number of halogens is 1. The third-order valence-electron chi connectivity index (χ3n) is 7.70. The lowest BCUT2D eigenvalue weighted by atomic mass is 9.92. The lowest BCUT2D eigenvalue weighted by Gasteiger charge is -2.17. The number of carbonyl (C=O) groups is 1. The Morgan fingerprint density at radius 2 is 1.88 bits per heavy atom. The number of aliphatic carboxylic acids is 1. The van der Waals surface area contributed by atoms with Gasteiger partial charge in [-0.2, -0.15) is 0 Å². The maximum absolute atomic E-state index is 14.7. The van der Waals surface area contributed by atoms with E-state index in [1.807, 2.05) is 37.3 Å². The summed E-state index contributed by atoms with van der Waals surface area (Å²) in [5.41, 5.74) is 5.45. The zero-order chi connectivity index (χ0) is 28.4. The van der Waals surface area contributed by atoms with E-state index in [1.165, 1.54) is 6.07 Å². The topological polar surface area (TPSA) is 99.1 Å². The van der Waals surface area contributed by atoms with E-state index >= 15 is 0 Å². The molecular weight excluding hydrogens is 535 g/mol. The van der Waals surface area contributed by atoms with Crippen molar-refractivity contribution in [1.82, 2.24) is 0 Å². The van der Waals surface area contributed by atoms with Gasteiger partial charge in [0.1, 0.15) is 39.5 Å². The average molecular weight is 569 g/mol. The first kappa shape index (κ1) is 28.0. The van der Waals surface area contributed by atoms with Crippen molar-refractivity contribution in [3.05, 3.63) is 76.6 Å². The van der Waals surface area contributed by atoms with Gasteiger partial charge in [0.2, 0.25) is 0 Å². The third-order valence-corrected chi connectivity index (χ3v) is 9.49. The molecule has 0 saturated heterocycles. The molecule has 5 rings (SSSR count). The molecular formula is C31H33FO7S. The fourth-order valence-corrected chi connectivity index (χ4v) is 6.05. The van der Waals surface area contributed by atoms with E-state index in [0.29, 0.717) is 49.5 Å². The van der Waals surface area contributed by atoms with Gasteiger partial charge < -0.3 is 19.3 Å². The van der Waals surface area contributed by atoms with Crippen LogP contribution < -0.4 is 14.2 Å². The van der Waals surface area contributed by atoms with Gasteiger partial charge in [-0.15, -0.1) is 0 Å². The maximum atomic E-state index is 14.7. The van der Waals surface area contributed by atoms with Gasteiger partial charge in [0, 0.05) is 29.7 Å². The summed E-state index contributed by atoms with van der Waals surface area (Å²) in [6.07, 6.45) is 1.60. The molecule has 0 bridgehead atoms. The number of sulfone groups is 1. The van der Waals surface area contributed by atoms with Crippen molar-refractivity contribution in [2.45, 2.75) is 45.6 Å². The Labute approximate surface area is 233 Å². The SMILES string of the molecule is CCS(=O)(=O)CCCOc1ccc2c(c1)CCOc1ccc(COc3ccc([C@H]4C[C@@H]4C(=O)O)c(F)c3)c(C)c1-2. The maximum Gasteiger partial charge on any atom is 0.307 e. The Morgan fingerprint density at radius 3 is 2.60 bits per heavy atom. The van der Waals surface area contributed by atoms with Crippen LogP contribution in [0.1, 0.15) is 47.9 Å². The smallest absolute Gasteiger partial charge is 0.307 e. The molecule has 1 heterocycles. The van der Waals surface area contributed by atoms with Crippen LogP contribution in [0.2, 0.25) is 0 Å². The van der Waals surface area contributed by atoms with Crippen LogP contribution in [0.4, 0.5) is 4.39 Å². The second-order valence-corrected chi connectivity index (χ2v) is 12.8. The van der Waals surface area contributed by atoms with Gasteiger partial charge >= 0.3 is 5.97 Å². The van der Waals surface area contributed by atoms with Crippen LogP contribution in [0.25, 0.3) is 11.1 Å². The summed E-state index contributed by atoms with van der Waals surface area (Å²) >= 11 is 0. The third kappa shape index (κ3) is 6.09. The molecule has 1 saturated carbocycles. The van der Waals surface area contributed by atoms with Crippen LogP contribution in [0.3, 0.4) is 0 Å². The van der Waals surface area contributed by atoms with Gasteiger partial charge in [-0.3, -0.25) is 4.79 Å². The van der Waals surface area contributed by atoms with Gasteiger partial charge in [0.25, 0.3) is 0 Å². The van der Waals surface area contributed by atoms with Gasteiger partial charge in [-0.25, -0.2) is 12.8 Å². The van der Waals surface area contributed by atoms with E-state index in [1.54, 1.807) is 19.1 Å². The molecule has 0 unspecified atom stereocenters. The van der Waals surface area contributed by atoms with Crippen LogP contribution in [0.5, 0.6) is 17.2 Å². The molecule has 9 heteroatoms. The van der Waals surface area contributed by atoms with E-state index in [-0.39, 0.29) is 24.0 Å². The van der Waals surface area contributed by atoms with Crippen LogP contribution in [-0.4, -0.2) is 44.2 Å². The number of benzene rings is 3. The van der Waals surface area contributed by atoms with Crippen molar-refractivity contribution in [2.24, 2.45) is 5.92 Å². The standard InChI is InChI=1S/C31H33FO7S/c1-3-40(35,36)14-4-12-37-22-6-8-24-20(15-22)11-13-38-29-10-5-21(19(2)30(24)29)18-39-23-7-9-25(28(32)16-23)26-17-27(26)31(33)34/h5-10,15-16,26-27H,3-4,11-14,17-18H2,1-2H3,(H,33,34)/t26-,27+/m1/s1. The van der Waals surface area contributed by atoms with Crippen LogP contribution >= 0.6 is 0 Å². The lowest BCUT2D eigenvalue weighted by Crippen LogP contribution is -2.11. The molecule has 0 radical (unpaired) electrons. The molecule has 1 fully saturated rings. The number of hydrogen-bond donors (Lipinski definition) is 1. The number of rotatable bonds is 11. The second kappa shape index (κ2) is 11.5. The quantitative estimate of drug-likeness (QED) is 0.296.